The average Bonchev–Trinajstić information content (AvgIpc) is 2.80. The lowest BCUT2D eigenvalue weighted by atomic mass is 10.2. The molecule has 0 atom stereocenters. The number of hydrogen-bond donors (Lipinski definition) is 1. The standard InChI is InChI=1S/C15H23N5O2/c1-6-12-11(15(22-5)20(3)19-12)8-16-13-7-10(2)17-14(18-13)9-21-4/h7H,6,8-9H2,1-5H3,(H,16,17,18). The van der Waals surface area contributed by atoms with Crippen molar-refractivity contribution in [1.29, 1.82) is 0 Å². The van der Waals surface area contributed by atoms with Crippen molar-refractivity contribution in [2.24, 2.45) is 7.05 Å². The zero-order valence-electron chi connectivity index (χ0n) is 13.8. The predicted molar refractivity (Wildman–Crippen MR) is 83.9 cm³/mol. The van der Waals surface area contributed by atoms with Crippen LogP contribution in [0.25, 0.3) is 0 Å². The second-order valence-corrected chi connectivity index (χ2v) is 5.01. The van der Waals surface area contributed by atoms with Gasteiger partial charge < -0.3 is 14.8 Å². The lowest BCUT2D eigenvalue weighted by Gasteiger charge is -2.10. The van der Waals surface area contributed by atoms with Gasteiger partial charge in [0.1, 0.15) is 12.4 Å². The molecule has 2 heterocycles. The van der Waals surface area contributed by atoms with E-state index in [-0.39, 0.29) is 0 Å². The second kappa shape index (κ2) is 7.22. The summed E-state index contributed by atoms with van der Waals surface area (Å²) in [6.45, 7) is 5.01. The summed E-state index contributed by atoms with van der Waals surface area (Å²) in [4.78, 5) is 8.77. The molecule has 0 bridgehead atoms. The fourth-order valence-corrected chi connectivity index (χ4v) is 2.42. The van der Waals surface area contributed by atoms with Crippen molar-refractivity contribution in [3.8, 4) is 5.88 Å². The topological polar surface area (TPSA) is 74.1 Å². The van der Waals surface area contributed by atoms with Crippen molar-refractivity contribution in [2.45, 2.75) is 33.4 Å². The lowest BCUT2D eigenvalue weighted by Crippen LogP contribution is -2.08. The van der Waals surface area contributed by atoms with E-state index in [0.29, 0.717) is 19.0 Å². The summed E-state index contributed by atoms with van der Waals surface area (Å²) in [5.74, 6) is 2.21. The Morgan fingerprint density at radius 3 is 2.68 bits per heavy atom. The van der Waals surface area contributed by atoms with Gasteiger partial charge in [0, 0.05) is 32.5 Å². The Morgan fingerprint density at radius 1 is 1.27 bits per heavy atom. The van der Waals surface area contributed by atoms with E-state index < -0.39 is 0 Å². The number of aromatic nitrogens is 4. The van der Waals surface area contributed by atoms with E-state index in [2.05, 4.69) is 27.3 Å². The maximum absolute atomic E-state index is 5.44. The van der Waals surface area contributed by atoms with Crippen molar-refractivity contribution >= 4 is 5.82 Å². The highest BCUT2D eigenvalue weighted by molar-refractivity contribution is 5.40. The average molecular weight is 305 g/mol. The number of methoxy groups -OCH3 is 2. The Labute approximate surface area is 130 Å². The molecule has 2 aromatic heterocycles. The van der Waals surface area contributed by atoms with Crippen LogP contribution < -0.4 is 10.1 Å². The highest BCUT2D eigenvalue weighted by Gasteiger charge is 2.15. The zero-order chi connectivity index (χ0) is 16.1. The van der Waals surface area contributed by atoms with Crippen LogP contribution in [0.1, 0.15) is 29.7 Å². The first kappa shape index (κ1) is 16.2. The van der Waals surface area contributed by atoms with Gasteiger partial charge in [0.15, 0.2) is 5.82 Å². The predicted octanol–water partition coefficient (Wildman–Crippen LogP) is 1.85. The van der Waals surface area contributed by atoms with Crippen LogP contribution in [0.3, 0.4) is 0 Å². The second-order valence-electron chi connectivity index (χ2n) is 5.01. The van der Waals surface area contributed by atoms with Crippen LogP contribution in [0.5, 0.6) is 5.88 Å². The first-order valence-electron chi connectivity index (χ1n) is 7.25. The first-order chi connectivity index (χ1) is 10.6. The lowest BCUT2D eigenvalue weighted by molar-refractivity contribution is 0.177. The third kappa shape index (κ3) is 3.54. The van der Waals surface area contributed by atoms with Gasteiger partial charge >= 0.3 is 0 Å². The molecule has 0 aromatic carbocycles. The summed E-state index contributed by atoms with van der Waals surface area (Å²) in [7, 11) is 5.17. The normalized spacial score (nSPS) is 10.8. The van der Waals surface area contributed by atoms with E-state index >= 15 is 0 Å². The molecule has 0 fully saturated rings. The van der Waals surface area contributed by atoms with Crippen LogP contribution in [0.15, 0.2) is 6.07 Å². The van der Waals surface area contributed by atoms with Gasteiger partial charge in [-0.15, -0.1) is 0 Å². The summed E-state index contributed by atoms with van der Waals surface area (Å²) in [6.07, 6.45) is 0.853. The van der Waals surface area contributed by atoms with Gasteiger partial charge in [-0.05, 0) is 13.3 Å². The number of nitrogens with zero attached hydrogens (tertiary/aromatic N) is 4. The number of rotatable bonds is 7. The van der Waals surface area contributed by atoms with Crippen molar-refractivity contribution in [2.75, 3.05) is 19.5 Å². The van der Waals surface area contributed by atoms with Crippen molar-refractivity contribution in [3.05, 3.63) is 28.8 Å². The molecule has 0 aliphatic rings. The van der Waals surface area contributed by atoms with Gasteiger partial charge in [0.25, 0.3) is 0 Å². The van der Waals surface area contributed by atoms with Crippen LogP contribution in [-0.2, 0) is 31.4 Å². The number of aryl methyl sites for hydroxylation is 3. The zero-order valence-corrected chi connectivity index (χ0v) is 13.8. The molecule has 0 amide bonds. The largest absolute Gasteiger partial charge is 0.481 e. The number of nitrogens with one attached hydrogen (secondary N) is 1. The molecule has 7 nitrogen and oxygen atoms in total. The molecule has 2 rings (SSSR count). The summed E-state index contributed by atoms with van der Waals surface area (Å²) < 4.78 is 12.3. The fourth-order valence-electron chi connectivity index (χ4n) is 2.42. The molecule has 1 N–H and O–H groups in total. The maximum Gasteiger partial charge on any atom is 0.216 e. The smallest absolute Gasteiger partial charge is 0.216 e. The molecule has 2 aromatic rings. The van der Waals surface area contributed by atoms with E-state index in [1.165, 1.54) is 0 Å². The van der Waals surface area contributed by atoms with E-state index in [9.17, 15) is 0 Å². The van der Waals surface area contributed by atoms with E-state index in [1.54, 1.807) is 18.9 Å². The molecule has 22 heavy (non-hydrogen) atoms. The molecule has 0 aliphatic heterocycles. The number of hydrogen-bond acceptors (Lipinski definition) is 6. The van der Waals surface area contributed by atoms with Crippen molar-refractivity contribution in [1.82, 2.24) is 19.7 Å². The van der Waals surface area contributed by atoms with E-state index in [4.69, 9.17) is 9.47 Å². The molecule has 0 saturated heterocycles. The minimum absolute atomic E-state index is 0.396. The summed E-state index contributed by atoms with van der Waals surface area (Å²) >= 11 is 0. The molecular formula is C15H23N5O2. The van der Waals surface area contributed by atoms with E-state index in [1.807, 2.05) is 20.0 Å². The van der Waals surface area contributed by atoms with Crippen molar-refractivity contribution < 1.29 is 9.47 Å². The fraction of sp³-hybridized carbons (Fsp3) is 0.533. The van der Waals surface area contributed by atoms with Gasteiger partial charge in [-0.3, -0.25) is 0 Å². The van der Waals surface area contributed by atoms with Crippen molar-refractivity contribution in [3.63, 3.8) is 0 Å². The Kier molecular flexibility index (Phi) is 5.32. The molecule has 0 saturated carbocycles. The van der Waals surface area contributed by atoms with Gasteiger partial charge in [-0.1, -0.05) is 6.92 Å². The number of ether oxygens (including phenoxy) is 2. The maximum atomic E-state index is 5.44. The Hall–Kier alpha value is -2.15. The first-order valence-corrected chi connectivity index (χ1v) is 7.25. The van der Waals surface area contributed by atoms with E-state index in [0.717, 1.165) is 35.1 Å². The van der Waals surface area contributed by atoms with Gasteiger partial charge in [0.2, 0.25) is 5.88 Å². The summed E-state index contributed by atoms with van der Waals surface area (Å²) in [5, 5.41) is 7.80. The Bertz CT molecular complexity index is 639. The highest BCUT2D eigenvalue weighted by atomic mass is 16.5. The Balaban J connectivity index is 2.19. The molecule has 0 radical (unpaired) electrons. The van der Waals surface area contributed by atoms with Crippen LogP contribution in [0.2, 0.25) is 0 Å². The summed E-state index contributed by atoms with van der Waals surface area (Å²) in [6, 6.07) is 1.91. The van der Waals surface area contributed by atoms with Crippen LogP contribution in [0.4, 0.5) is 5.82 Å². The minimum atomic E-state index is 0.396. The molecule has 120 valence electrons. The van der Waals surface area contributed by atoms with Crippen LogP contribution in [0, 0.1) is 6.92 Å². The highest BCUT2D eigenvalue weighted by Crippen LogP contribution is 2.23. The molecule has 0 unspecified atom stereocenters. The monoisotopic (exact) mass is 305 g/mol. The van der Waals surface area contributed by atoms with Crippen LogP contribution >= 0.6 is 0 Å². The number of anilines is 1. The summed E-state index contributed by atoms with van der Waals surface area (Å²) in [5.41, 5.74) is 2.98. The van der Waals surface area contributed by atoms with Gasteiger partial charge in [-0.2, -0.15) is 5.10 Å². The third-order valence-electron chi connectivity index (χ3n) is 3.32. The minimum Gasteiger partial charge on any atom is -0.481 e. The van der Waals surface area contributed by atoms with Crippen LogP contribution in [-0.4, -0.2) is 34.0 Å². The van der Waals surface area contributed by atoms with Gasteiger partial charge in [-0.25, -0.2) is 14.6 Å². The Morgan fingerprint density at radius 2 is 2.05 bits per heavy atom. The molecule has 0 spiro atoms. The quantitative estimate of drug-likeness (QED) is 0.841. The molecular weight excluding hydrogens is 282 g/mol. The third-order valence-corrected chi connectivity index (χ3v) is 3.32. The van der Waals surface area contributed by atoms with Gasteiger partial charge in [0.05, 0.1) is 18.4 Å². The molecule has 0 aliphatic carbocycles. The SMILES string of the molecule is CCc1nn(C)c(OC)c1CNc1cc(C)nc(COC)n1. The molecule has 7 heteroatoms.